The standard InChI is InChI=1S/C19H19N7O3S2/c1-12-16(13(2)26-18(23-12)21-11-22-26)7-8-17(27)24-14-3-5-15(6-4-14)31(28,29)25-19-20-9-10-30-19/h3-6,9-11H,7-8H2,1-2H3,(H,20,25)(H,24,27). The zero-order chi connectivity index (χ0) is 22.0. The highest BCUT2D eigenvalue weighted by molar-refractivity contribution is 7.93. The normalized spacial score (nSPS) is 11.5. The van der Waals surface area contributed by atoms with Crippen LogP contribution in [0, 0.1) is 13.8 Å². The van der Waals surface area contributed by atoms with Crippen molar-refractivity contribution in [3.63, 3.8) is 0 Å². The van der Waals surface area contributed by atoms with Crippen LogP contribution in [0.15, 0.2) is 47.1 Å². The van der Waals surface area contributed by atoms with E-state index in [4.69, 9.17) is 0 Å². The molecule has 12 heteroatoms. The molecule has 0 fully saturated rings. The van der Waals surface area contributed by atoms with Crippen molar-refractivity contribution in [2.75, 3.05) is 10.0 Å². The van der Waals surface area contributed by atoms with Gasteiger partial charge in [0.25, 0.3) is 15.8 Å². The predicted molar refractivity (Wildman–Crippen MR) is 117 cm³/mol. The van der Waals surface area contributed by atoms with Crippen molar-refractivity contribution in [1.82, 2.24) is 24.6 Å². The van der Waals surface area contributed by atoms with Gasteiger partial charge >= 0.3 is 0 Å². The van der Waals surface area contributed by atoms with Gasteiger partial charge in [-0.3, -0.25) is 9.52 Å². The Labute approximate surface area is 182 Å². The maximum Gasteiger partial charge on any atom is 0.263 e. The first-order chi connectivity index (χ1) is 14.8. The third kappa shape index (κ3) is 4.54. The molecule has 2 N–H and O–H groups in total. The molecular formula is C19H19N7O3S2. The van der Waals surface area contributed by atoms with Gasteiger partial charge in [0.2, 0.25) is 5.91 Å². The van der Waals surface area contributed by atoms with Crippen molar-refractivity contribution < 1.29 is 13.2 Å². The van der Waals surface area contributed by atoms with Gasteiger partial charge in [-0.05, 0) is 50.1 Å². The molecule has 1 aromatic carbocycles. The number of fused-ring (bicyclic) bond motifs is 1. The van der Waals surface area contributed by atoms with Crippen LogP contribution in [0.4, 0.5) is 10.8 Å². The van der Waals surface area contributed by atoms with Crippen LogP contribution in [-0.2, 0) is 21.2 Å². The molecule has 0 radical (unpaired) electrons. The van der Waals surface area contributed by atoms with Crippen molar-refractivity contribution in [3.8, 4) is 0 Å². The van der Waals surface area contributed by atoms with Crippen LogP contribution in [0.3, 0.4) is 0 Å². The number of nitrogens with zero attached hydrogens (tertiary/aromatic N) is 5. The van der Waals surface area contributed by atoms with Crippen molar-refractivity contribution in [1.29, 1.82) is 0 Å². The summed E-state index contributed by atoms with van der Waals surface area (Å²) in [6.07, 6.45) is 3.71. The van der Waals surface area contributed by atoms with Crippen LogP contribution in [0.5, 0.6) is 0 Å². The fraction of sp³-hybridized carbons (Fsp3) is 0.211. The summed E-state index contributed by atoms with van der Waals surface area (Å²) in [4.78, 5) is 24.9. The van der Waals surface area contributed by atoms with Gasteiger partial charge in [0.15, 0.2) is 5.13 Å². The van der Waals surface area contributed by atoms with Crippen LogP contribution in [0.2, 0.25) is 0 Å². The maximum atomic E-state index is 12.4. The van der Waals surface area contributed by atoms with E-state index in [1.165, 1.54) is 36.0 Å². The maximum absolute atomic E-state index is 12.4. The van der Waals surface area contributed by atoms with Crippen LogP contribution < -0.4 is 10.0 Å². The number of amides is 1. The monoisotopic (exact) mass is 457 g/mol. The Morgan fingerprint density at radius 2 is 1.94 bits per heavy atom. The number of hydrogen-bond acceptors (Lipinski definition) is 8. The first-order valence-corrected chi connectivity index (χ1v) is 11.7. The molecule has 0 saturated heterocycles. The number of sulfonamides is 1. The molecule has 0 spiro atoms. The first kappa shape index (κ1) is 20.9. The summed E-state index contributed by atoms with van der Waals surface area (Å²) in [5.41, 5.74) is 3.17. The molecule has 0 saturated carbocycles. The molecule has 0 aliphatic heterocycles. The number of benzene rings is 1. The summed E-state index contributed by atoms with van der Waals surface area (Å²) >= 11 is 1.19. The number of carbonyl (C=O) groups excluding carboxylic acids is 1. The zero-order valence-electron chi connectivity index (χ0n) is 16.7. The van der Waals surface area contributed by atoms with Gasteiger partial charge < -0.3 is 5.32 Å². The average molecular weight is 458 g/mol. The summed E-state index contributed by atoms with van der Waals surface area (Å²) in [6.45, 7) is 3.80. The molecule has 3 heterocycles. The minimum atomic E-state index is -3.73. The Balaban J connectivity index is 1.39. The highest BCUT2D eigenvalue weighted by atomic mass is 32.2. The Bertz CT molecular complexity index is 1330. The van der Waals surface area contributed by atoms with Crippen molar-refractivity contribution in [2.45, 2.75) is 31.6 Å². The van der Waals surface area contributed by atoms with E-state index in [1.54, 1.807) is 22.0 Å². The van der Waals surface area contributed by atoms with Crippen molar-refractivity contribution in [3.05, 3.63) is 59.1 Å². The zero-order valence-corrected chi connectivity index (χ0v) is 18.4. The van der Waals surface area contributed by atoms with E-state index in [0.717, 1.165) is 17.0 Å². The summed E-state index contributed by atoms with van der Waals surface area (Å²) < 4.78 is 28.8. The number of aryl methyl sites for hydroxylation is 2. The van der Waals surface area contributed by atoms with Gasteiger partial charge in [0.05, 0.1) is 4.90 Å². The molecule has 0 aliphatic rings. The molecule has 3 aromatic heterocycles. The minimum absolute atomic E-state index is 0.0826. The molecule has 4 aromatic rings. The fourth-order valence-corrected chi connectivity index (χ4v) is 4.93. The fourth-order valence-electron chi connectivity index (χ4n) is 3.14. The third-order valence-corrected chi connectivity index (χ3v) is 6.87. The Morgan fingerprint density at radius 3 is 2.65 bits per heavy atom. The second kappa shape index (κ2) is 8.40. The van der Waals surface area contributed by atoms with Gasteiger partial charge in [-0.25, -0.2) is 22.9 Å². The Morgan fingerprint density at radius 1 is 1.16 bits per heavy atom. The van der Waals surface area contributed by atoms with Crippen molar-refractivity contribution in [2.24, 2.45) is 0 Å². The number of thiazole rings is 1. The van der Waals surface area contributed by atoms with E-state index in [0.29, 0.717) is 23.0 Å². The molecule has 4 rings (SSSR count). The lowest BCUT2D eigenvalue weighted by molar-refractivity contribution is -0.116. The third-order valence-electron chi connectivity index (χ3n) is 4.69. The lowest BCUT2D eigenvalue weighted by Crippen LogP contribution is -2.15. The molecule has 160 valence electrons. The van der Waals surface area contributed by atoms with Gasteiger partial charge in [0.1, 0.15) is 6.33 Å². The van der Waals surface area contributed by atoms with E-state index >= 15 is 0 Å². The predicted octanol–water partition coefficient (Wildman–Crippen LogP) is 2.57. The number of hydrogen-bond donors (Lipinski definition) is 2. The number of anilines is 2. The first-order valence-electron chi connectivity index (χ1n) is 9.31. The second-order valence-electron chi connectivity index (χ2n) is 6.75. The summed E-state index contributed by atoms with van der Waals surface area (Å²) in [5, 5.41) is 8.91. The summed E-state index contributed by atoms with van der Waals surface area (Å²) in [6, 6.07) is 5.96. The number of carbonyl (C=O) groups is 1. The average Bonchev–Trinajstić information content (AvgIpc) is 3.40. The van der Waals surface area contributed by atoms with Gasteiger partial charge in [-0.15, -0.1) is 11.3 Å². The second-order valence-corrected chi connectivity index (χ2v) is 9.33. The molecule has 31 heavy (non-hydrogen) atoms. The number of rotatable bonds is 7. The molecule has 0 unspecified atom stereocenters. The highest BCUT2D eigenvalue weighted by Gasteiger charge is 2.16. The van der Waals surface area contributed by atoms with Crippen LogP contribution in [0.25, 0.3) is 5.78 Å². The van der Waals surface area contributed by atoms with E-state index in [2.05, 4.69) is 30.1 Å². The SMILES string of the molecule is Cc1nc2ncnn2c(C)c1CCC(=O)Nc1ccc(S(=O)(=O)Nc2nccs2)cc1. The smallest absolute Gasteiger partial charge is 0.263 e. The lowest BCUT2D eigenvalue weighted by Gasteiger charge is -2.11. The molecule has 0 bridgehead atoms. The van der Waals surface area contributed by atoms with Gasteiger partial charge in [0, 0.05) is 35.1 Å². The number of aromatic nitrogens is 5. The van der Waals surface area contributed by atoms with E-state index in [9.17, 15) is 13.2 Å². The van der Waals surface area contributed by atoms with Crippen molar-refractivity contribution >= 4 is 43.9 Å². The summed E-state index contributed by atoms with van der Waals surface area (Å²) in [7, 11) is -3.73. The quantitative estimate of drug-likeness (QED) is 0.436. The van der Waals surface area contributed by atoms with E-state index in [-0.39, 0.29) is 17.2 Å². The van der Waals surface area contributed by atoms with E-state index in [1.807, 2.05) is 13.8 Å². The molecule has 0 atom stereocenters. The molecule has 0 aliphatic carbocycles. The molecule has 1 amide bonds. The highest BCUT2D eigenvalue weighted by Crippen LogP contribution is 2.20. The minimum Gasteiger partial charge on any atom is -0.326 e. The largest absolute Gasteiger partial charge is 0.326 e. The van der Waals surface area contributed by atoms with Crippen LogP contribution >= 0.6 is 11.3 Å². The Hall–Kier alpha value is -3.38. The summed E-state index contributed by atoms with van der Waals surface area (Å²) in [5.74, 6) is 0.344. The van der Waals surface area contributed by atoms with E-state index < -0.39 is 10.0 Å². The van der Waals surface area contributed by atoms with Gasteiger partial charge in [-0.1, -0.05) is 0 Å². The van der Waals surface area contributed by atoms with Crippen LogP contribution in [0.1, 0.15) is 23.4 Å². The van der Waals surface area contributed by atoms with Crippen LogP contribution in [-0.4, -0.2) is 38.9 Å². The Kier molecular flexibility index (Phi) is 5.65. The topological polar surface area (TPSA) is 131 Å². The van der Waals surface area contributed by atoms with Gasteiger partial charge in [-0.2, -0.15) is 10.1 Å². The molecular weight excluding hydrogens is 438 g/mol. The number of nitrogens with one attached hydrogen (secondary N) is 2. The molecule has 10 nitrogen and oxygen atoms in total. The lowest BCUT2D eigenvalue weighted by atomic mass is 10.1.